The number of fused-ring (bicyclic) bond motifs is 1. The summed E-state index contributed by atoms with van der Waals surface area (Å²) in [6, 6.07) is 20.7. The van der Waals surface area contributed by atoms with Crippen LogP contribution in [0.1, 0.15) is 24.1 Å². The van der Waals surface area contributed by atoms with Crippen LogP contribution in [0.5, 0.6) is 0 Å². The number of rotatable bonds is 7. The molecule has 2 atom stereocenters. The van der Waals surface area contributed by atoms with Crippen LogP contribution in [0.4, 0.5) is 11.9 Å². The lowest BCUT2D eigenvalue weighted by Crippen LogP contribution is -2.32. The van der Waals surface area contributed by atoms with Crippen LogP contribution in [0, 0.1) is 0 Å². The van der Waals surface area contributed by atoms with Gasteiger partial charge in [0.2, 0.25) is 11.9 Å². The summed E-state index contributed by atoms with van der Waals surface area (Å²) in [5, 5.41) is 14.7. The van der Waals surface area contributed by atoms with Crippen molar-refractivity contribution in [3.63, 3.8) is 0 Å². The summed E-state index contributed by atoms with van der Waals surface area (Å²) >= 11 is 0. The van der Waals surface area contributed by atoms with Crippen molar-refractivity contribution in [3.8, 4) is 11.4 Å². The minimum absolute atomic E-state index is 0.0610. The van der Waals surface area contributed by atoms with Gasteiger partial charge in [-0.25, -0.2) is 0 Å². The fraction of sp³-hybridized carbons (Fsp3) is 0.167. The molecule has 0 bridgehead atoms. The summed E-state index contributed by atoms with van der Waals surface area (Å²) in [6.45, 7) is 2.03. The maximum absolute atomic E-state index is 11.1. The number of hydrogen-bond acceptors (Lipinski definition) is 7. The zero-order valence-electron chi connectivity index (χ0n) is 17.6. The monoisotopic (exact) mass is 428 g/mol. The van der Waals surface area contributed by atoms with E-state index in [-0.39, 0.29) is 18.4 Å². The quantitative estimate of drug-likeness (QED) is 0.351. The van der Waals surface area contributed by atoms with E-state index in [9.17, 15) is 4.79 Å². The first-order valence-electron chi connectivity index (χ1n) is 10.2. The fourth-order valence-corrected chi connectivity index (χ4v) is 3.52. The molecule has 0 radical (unpaired) electrons. The molecule has 8 nitrogen and oxygen atoms in total. The van der Waals surface area contributed by atoms with Gasteiger partial charge in [-0.1, -0.05) is 54.6 Å². The number of nitrogens with one attached hydrogen (secondary N) is 1. The van der Waals surface area contributed by atoms with Crippen LogP contribution >= 0.6 is 0 Å². The number of nitrogens with zero attached hydrogens (tertiary/aromatic N) is 3. The highest BCUT2D eigenvalue weighted by atomic mass is 16.4. The van der Waals surface area contributed by atoms with Crippen LogP contribution < -0.4 is 16.8 Å². The number of anilines is 2. The first kappa shape index (κ1) is 21.2. The Morgan fingerprint density at radius 1 is 1.00 bits per heavy atom. The molecule has 1 heterocycles. The van der Waals surface area contributed by atoms with E-state index in [0.29, 0.717) is 17.3 Å². The van der Waals surface area contributed by atoms with Gasteiger partial charge in [0.25, 0.3) is 0 Å². The van der Waals surface area contributed by atoms with Gasteiger partial charge < -0.3 is 21.9 Å². The van der Waals surface area contributed by atoms with E-state index < -0.39 is 12.0 Å². The van der Waals surface area contributed by atoms with Crippen molar-refractivity contribution in [2.24, 2.45) is 5.73 Å². The molecule has 3 aromatic carbocycles. The number of benzene rings is 3. The summed E-state index contributed by atoms with van der Waals surface area (Å²) in [5.41, 5.74) is 14.2. The maximum atomic E-state index is 11.1. The maximum Gasteiger partial charge on any atom is 0.320 e. The number of carboxylic acids is 1. The lowest BCUT2D eigenvalue weighted by Gasteiger charge is -2.16. The average Bonchev–Trinajstić information content (AvgIpc) is 2.78. The summed E-state index contributed by atoms with van der Waals surface area (Å²) in [7, 11) is 0. The van der Waals surface area contributed by atoms with Gasteiger partial charge in [0.1, 0.15) is 6.04 Å². The number of aromatic nitrogens is 3. The molecular formula is C24H24N6O2. The highest BCUT2D eigenvalue weighted by Gasteiger charge is 2.14. The number of nitrogen functional groups attached to an aromatic ring is 1. The number of nitrogens with two attached hydrogens (primary N) is 2. The molecule has 0 spiro atoms. The van der Waals surface area contributed by atoms with Gasteiger partial charge >= 0.3 is 5.97 Å². The zero-order chi connectivity index (χ0) is 22.7. The van der Waals surface area contributed by atoms with Crippen molar-refractivity contribution in [2.75, 3.05) is 11.1 Å². The SMILES string of the molecule is CC(Nc1nc(N)nc(-c2cccc(CC(N)C(=O)O)c2)n1)c1ccc2ccccc2c1. The summed E-state index contributed by atoms with van der Waals surface area (Å²) in [5.74, 6) is -0.193. The van der Waals surface area contributed by atoms with E-state index in [1.165, 1.54) is 5.39 Å². The molecule has 2 unspecified atom stereocenters. The van der Waals surface area contributed by atoms with Crippen LogP contribution in [-0.2, 0) is 11.2 Å². The third-order valence-corrected chi connectivity index (χ3v) is 5.23. The molecule has 0 amide bonds. The van der Waals surface area contributed by atoms with Gasteiger partial charge in [-0.2, -0.15) is 15.0 Å². The van der Waals surface area contributed by atoms with Crippen LogP contribution in [0.15, 0.2) is 66.7 Å². The van der Waals surface area contributed by atoms with Gasteiger partial charge in [0, 0.05) is 5.56 Å². The minimum atomic E-state index is -1.05. The molecule has 0 saturated carbocycles. The number of hydrogen-bond donors (Lipinski definition) is 4. The standard InChI is InChI=1S/C24H24N6O2/c1-14(17-10-9-16-6-2-3-7-18(16)13-17)27-24-29-21(28-23(26)30-24)19-8-4-5-15(11-19)12-20(25)22(31)32/h2-11,13-14,20H,12,25H2,1H3,(H,31,32)(H3,26,27,28,29,30). The zero-order valence-corrected chi connectivity index (χ0v) is 17.6. The first-order chi connectivity index (χ1) is 15.4. The predicted octanol–water partition coefficient (Wildman–Crippen LogP) is 3.40. The van der Waals surface area contributed by atoms with E-state index in [0.717, 1.165) is 16.5 Å². The molecule has 162 valence electrons. The Morgan fingerprint density at radius 2 is 1.78 bits per heavy atom. The van der Waals surface area contributed by atoms with Crippen molar-refractivity contribution in [1.82, 2.24) is 15.0 Å². The Labute approximate surface area is 185 Å². The molecule has 0 fully saturated rings. The van der Waals surface area contributed by atoms with Crippen molar-refractivity contribution in [2.45, 2.75) is 25.4 Å². The lowest BCUT2D eigenvalue weighted by atomic mass is 10.0. The fourth-order valence-electron chi connectivity index (χ4n) is 3.52. The Bertz CT molecular complexity index is 1280. The van der Waals surface area contributed by atoms with E-state index in [1.54, 1.807) is 0 Å². The van der Waals surface area contributed by atoms with Crippen molar-refractivity contribution in [1.29, 1.82) is 0 Å². The van der Waals surface area contributed by atoms with Crippen LogP contribution in [0.25, 0.3) is 22.2 Å². The average molecular weight is 428 g/mol. The molecule has 0 aliphatic rings. The van der Waals surface area contributed by atoms with Crippen LogP contribution in [0.3, 0.4) is 0 Å². The van der Waals surface area contributed by atoms with Gasteiger partial charge in [0.15, 0.2) is 5.82 Å². The van der Waals surface area contributed by atoms with Crippen LogP contribution in [-0.4, -0.2) is 32.1 Å². The predicted molar refractivity (Wildman–Crippen MR) is 125 cm³/mol. The molecule has 4 aromatic rings. The third kappa shape index (κ3) is 4.81. The lowest BCUT2D eigenvalue weighted by molar-refractivity contribution is -0.138. The molecular weight excluding hydrogens is 404 g/mol. The van der Waals surface area contributed by atoms with Gasteiger partial charge in [-0.05, 0) is 47.4 Å². The second-order valence-corrected chi connectivity index (χ2v) is 7.66. The van der Waals surface area contributed by atoms with E-state index in [4.69, 9.17) is 16.6 Å². The number of carbonyl (C=O) groups is 1. The number of aliphatic carboxylic acids is 1. The van der Waals surface area contributed by atoms with Crippen LogP contribution in [0.2, 0.25) is 0 Å². The number of carboxylic acid groups (broad SMARTS) is 1. The molecule has 32 heavy (non-hydrogen) atoms. The highest BCUT2D eigenvalue weighted by molar-refractivity contribution is 5.83. The van der Waals surface area contributed by atoms with Crippen molar-refractivity contribution in [3.05, 3.63) is 77.9 Å². The van der Waals surface area contributed by atoms with E-state index >= 15 is 0 Å². The normalized spacial score (nSPS) is 12.9. The highest BCUT2D eigenvalue weighted by Crippen LogP contribution is 2.24. The molecule has 0 aliphatic carbocycles. The summed E-state index contributed by atoms with van der Waals surface area (Å²) in [6.07, 6.45) is 0.202. The molecule has 0 saturated heterocycles. The summed E-state index contributed by atoms with van der Waals surface area (Å²) in [4.78, 5) is 24.1. The van der Waals surface area contributed by atoms with Gasteiger partial charge in [-0.3, -0.25) is 4.79 Å². The second kappa shape index (κ2) is 8.99. The molecule has 4 rings (SSSR count). The second-order valence-electron chi connectivity index (χ2n) is 7.66. The molecule has 1 aromatic heterocycles. The summed E-state index contributed by atoms with van der Waals surface area (Å²) < 4.78 is 0. The van der Waals surface area contributed by atoms with Crippen molar-refractivity contribution < 1.29 is 9.90 Å². The Hall–Kier alpha value is -4.04. The topological polar surface area (TPSA) is 140 Å². The van der Waals surface area contributed by atoms with Gasteiger partial charge in [0.05, 0.1) is 6.04 Å². The molecule has 0 aliphatic heterocycles. The Balaban J connectivity index is 1.58. The molecule has 6 N–H and O–H groups in total. The largest absolute Gasteiger partial charge is 0.480 e. The van der Waals surface area contributed by atoms with E-state index in [2.05, 4.69) is 50.6 Å². The third-order valence-electron chi connectivity index (χ3n) is 5.23. The smallest absolute Gasteiger partial charge is 0.320 e. The first-order valence-corrected chi connectivity index (χ1v) is 10.2. The minimum Gasteiger partial charge on any atom is -0.480 e. The Morgan fingerprint density at radius 3 is 2.56 bits per heavy atom. The van der Waals surface area contributed by atoms with Gasteiger partial charge in [-0.15, -0.1) is 0 Å². The molecule has 8 heteroatoms. The van der Waals surface area contributed by atoms with E-state index in [1.807, 2.05) is 43.3 Å². The Kier molecular flexibility index (Phi) is 5.96. The van der Waals surface area contributed by atoms with Crippen molar-refractivity contribution >= 4 is 28.6 Å².